The van der Waals surface area contributed by atoms with Crippen LogP contribution in [0.2, 0.25) is 0 Å². The molecule has 19 heavy (non-hydrogen) atoms. The number of carbonyl (C=O) groups is 1. The summed E-state index contributed by atoms with van der Waals surface area (Å²) in [7, 11) is 0. The van der Waals surface area contributed by atoms with Gasteiger partial charge in [0, 0.05) is 25.6 Å². The van der Waals surface area contributed by atoms with Gasteiger partial charge >= 0.3 is 0 Å². The van der Waals surface area contributed by atoms with Crippen molar-refractivity contribution in [2.45, 2.75) is 39.7 Å². The molecular formula is C14H21N3O2. The van der Waals surface area contributed by atoms with E-state index in [4.69, 9.17) is 0 Å². The fourth-order valence-corrected chi connectivity index (χ4v) is 2.42. The predicted molar refractivity (Wildman–Crippen MR) is 74.4 cm³/mol. The van der Waals surface area contributed by atoms with E-state index in [1.54, 1.807) is 19.2 Å². The first-order chi connectivity index (χ1) is 9.10. The van der Waals surface area contributed by atoms with Gasteiger partial charge in [0.25, 0.3) is 5.56 Å². The van der Waals surface area contributed by atoms with E-state index in [1.165, 1.54) is 11.1 Å². The highest BCUT2D eigenvalue weighted by atomic mass is 16.1. The fourth-order valence-electron chi connectivity index (χ4n) is 2.42. The second-order valence-corrected chi connectivity index (χ2v) is 5.30. The van der Waals surface area contributed by atoms with E-state index < -0.39 is 0 Å². The number of piperidine rings is 1. The molecule has 1 aromatic rings. The van der Waals surface area contributed by atoms with Crippen molar-refractivity contribution in [1.82, 2.24) is 9.78 Å². The van der Waals surface area contributed by atoms with Crippen LogP contribution in [0.25, 0.3) is 0 Å². The summed E-state index contributed by atoms with van der Waals surface area (Å²) >= 11 is 0. The molecule has 104 valence electrons. The van der Waals surface area contributed by atoms with Crippen molar-refractivity contribution < 1.29 is 4.79 Å². The zero-order valence-electron chi connectivity index (χ0n) is 11.6. The second kappa shape index (κ2) is 5.99. The Balaban J connectivity index is 2.14. The number of carbonyl (C=O) groups excluding carboxylic acids is 1. The summed E-state index contributed by atoms with van der Waals surface area (Å²) < 4.78 is 1.24. The van der Waals surface area contributed by atoms with E-state index in [9.17, 15) is 9.59 Å². The molecule has 1 fully saturated rings. The minimum Gasteiger partial charge on any atom is -0.370 e. The fraction of sp³-hybridized carbons (Fsp3) is 0.643. The Kier molecular flexibility index (Phi) is 4.35. The van der Waals surface area contributed by atoms with Crippen molar-refractivity contribution in [3.8, 4) is 0 Å². The van der Waals surface area contributed by atoms with Gasteiger partial charge in [-0.3, -0.25) is 9.59 Å². The van der Waals surface area contributed by atoms with Gasteiger partial charge in [-0.1, -0.05) is 13.8 Å². The smallest absolute Gasteiger partial charge is 0.269 e. The van der Waals surface area contributed by atoms with Gasteiger partial charge in [-0.15, -0.1) is 0 Å². The van der Waals surface area contributed by atoms with Crippen LogP contribution in [0, 0.1) is 5.92 Å². The number of nitrogens with zero attached hydrogens (tertiary/aromatic N) is 3. The maximum atomic E-state index is 11.9. The van der Waals surface area contributed by atoms with E-state index in [2.05, 4.69) is 16.9 Å². The number of hydrogen-bond acceptors (Lipinski definition) is 4. The van der Waals surface area contributed by atoms with E-state index in [0.29, 0.717) is 12.3 Å². The Morgan fingerprint density at radius 3 is 2.95 bits per heavy atom. The predicted octanol–water partition coefficient (Wildman–Crippen LogP) is 1.46. The molecular weight excluding hydrogens is 242 g/mol. The van der Waals surface area contributed by atoms with Gasteiger partial charge in [-0.05, 0) is 18.8 Å². The largest absolute Gasteiger partial charge is 0.370 e. The first-order valence-corrected chi connectivity index (χ1v) is 6.94. The highest BCUT2D eigenvalue weighted by Gasteiger charge is 2.17. The van der Waals surface area contributed by atoms with Crippen molar-refractivity contribution in [2.24, 2.45) is 5.92 Å². The summed E-state index contributed by atoms with van der Waals surface area (Å²) in [5.41, 5.74) is 0.675. The maximum Gasteiger partial charge on any atom is 0.269 e. The molecule has 0 bridgehead atoms. The van der Waals surface area contributed by atoms with E-state index in [-0.39, 0.29) is 17.9 Å². The summed E-state index contributed by atoms with van der Waals surface area (Å²) in [5, 5.41) is 4.11. The number of Topliss-reactive ketones (excluding diaryl/α,β-unsaturated/α-hetero) is 1. The van der Waals surface area contributed by atoms with Crippen LogP contribution in [0.5, 0.6) is 0 Å². The maximum absolute atomic E-state index is 11.9. The van der Waals surface area contributed by atoms with Crippen molar-refractivity contribution in [1.29, 1.82) is 0 Å². The Morgan fingerprint density at radius 2 is 2.32 bits per heavy atom. The molecule has 0 spiro atoms. The molecule has 0 aliphatic carbocycles. The minimum atomic E-state index is -0.197. The second-order valence-electron chi connectivity index (χ2n) is 5.30. The lowest BCUT2D eigenvalue weighted by atomic mass is 10.00. The standard InChI is InChI=1S/C14H21N3O2/c1-3-13(18)10-17-14(19)7-12(8-15-17)16-6-4-5-11(2)9-16/h7-8,11H,3-6,9-10H2,1-2H3. The lowest BCUT2D eigenvalue weighted by molar-refractivity contribution is -0.119. The van der Waals surface area contributed by atoms with E-state index in [1.807, 2.05) is 0 Å². The SMILES string of the molecule is CCC(=O)Cn1ncc(N2CCCC(C)C2)cc1=O. The zero-order valence-corrected chi connectivity index (χ0v) is 11.6. The van der Waals surface area contributed by atoms with Gasteiger partial charge in [0.15, 0.2) is 5.78 Å². The van der Waals surface area contributed by atoms with Crippen LogP contribution in [0.1, 0.15) is 33.1 Å². The first-order valence-electron chi connectivity index (χ1n) is 6.94. The van der Waals surface area contributed by atoms with E-state index in [0.717, 1.165) is 25.2 Å². The average molecular weight is 263 g/mol. The molecule has 1 atom stereocenters. The van der Waals surface area contributed by atoms with E-state index >= 15 is 0 Å². The quantitative estimate of drug-likeness (QED) is 0.825. The third-order valence-electron chi connectivity index (χ3n) is 3.60. The van der Waals surface area contributed by atoms with Gasteiger partial charge in [0.2, 0.25) is 0 Å². The monoisotopic (exact) mass is 263 g/mol. The van der Waals surface area contributed by atoms with Crippen molar-refractivity contribution in [3.63, 3.8) is 0 Å². The van der Waals surface area contributed by atoms with Gasteiger partial charge in [-0.25, -0.2) is 4.68 Å². The van der Waals surface area contributed by atoms with Gasteiger partial charge in [0.1, 0.15) is 6.54 Å². The molecule has 2 heterocycles. The Morgan fingerprint density at radius 1 is 1.53 bits per heavy atom. The van der Waals surface area contributed by atoms with Gasteiger partial charge < -0.3 is 4.90 Å². The molecule has 1 unspecified atom stereocenters. The molecule has 0 saturated carbocycles. The average Bonchev–Trinajstić information content (AvgIpc) is 2.41. The summed E-state index contributed by atoms with van der Waals surface area (Å²) in [5.74, 6) is 0.673. The molecule has 0 N–H and O–H groups in total. The number of anilines is 1. The summed E-state index contributed by atoms with van der Waals surface area (Å²) in [4.78, 5) is 25.5. The van der Waals surface area contributed by atoms with Crippen LogP contribution in [0.15, 0.2) is 17.1 Å². The van der Waals surface area contributed by atoms with Crippen molar-refractivity contribution in [2.75, 3.05) is 18.0 Å². The van der Waals surface area contributed by atoms with Crippen molar-refractivity contribution in [3.05, 3.63) is 22.6 Å². The molecule has 1 saturated heterocycles. The third-order valence-corrected chi connectivity index (χ3v) is 3.60. The molecule has 5 heteroatoms. The van der Waals surface area contributed by atoms with Gasteiger partial charge in [-0.2, -0.15) is 5.10 Å². The lowest BCUT2D eigenvalue weighted by Crippen LogP contribution is -2.36. The molecule has 0 amide bonds. The third kappa shape index (κ3) is 3.43. The molecule has 0 radical (unpaired) electrons. The highest BCUT2D eigenvalue weighted by Crippen LogP contribution is 2.20. The Labute approximate surface area is 113 Å². The molecule has 0 aromatic carbocycles. The molecule has 1 aromatic heterocycles. The summed E-state index contributed by atoms with van der Waals surface area (Å²) in [6.45, 7) is 6.03. The highest BCUT2D eigenvalue weighted by molar-refractivity contribution is 5.77. The number of rotatable bonds is 4. The first kappa shape index (κ1) is 13.8. The van der Waals surface area contributed by atoms with Crippen LogP contribution in [-0.4, -0.2) is 28.7 Å². The van der Waals surface area contributed by atoms with Crippen LogP contribution in [0.3, 0.4) is 0 Å². The molecule has 5 nitrogen and oxygen atoms in total. The zero-order chi connectivity index (χ0) is 13.8. The minimum absolute atomic E-state index is 0.0222. The van der Waals surface area contributed by atoms with Crippen LogP contribution in [0.4, 0.5) is 5.69 Å². The van der Waals surface area contributed by atoms with Crippen LogP contribution in [-0.2, 0) is 11.3 Å². The Bertz CT molecular complexity index is 510. The molecule has 2 rings (SSSR count). The van der Waals surface area contributed by atoms with Gasteiger partial charge in [0.05, 0.1) is 11.9 Å². The van der Waals surface area contributed by atoms with Crippen LogP contribution >= 0.6 is 0 Å². The summed E-state index contributed by atoms with van der Waals surface area (Å²) in [6, 6.07) is 1.59. The normalized spacial score (nSPS) is 19.5. The summed E-state index contributed by atoms with van der Waals surface area (Å²) in [6.07, 6.45) is 4.52. The lowest BCUT2D eigenvalue weighted by Gasteiger charge is -2.32. The molecule has 1 aliphatic rings. The number of aromatic nitrogens is 2. The van der Waals surface area contributed by atoms with Crippen molar-refractivity contribution >= 4 is 11.5 Å². The topological polar surface area (TPSA) is 55.2 Å². The number of ketones is 1. The molecule has 1 aliphatic heterocycles. The Hall–Kier alpha value is -1.65. The van der Waals surface area contributed by atoms with Crippen LogP contribution < -0.4 is 10.5 Å². The number of hydrogen-bond donors (Lipinski definition) is 0.